The van der Waals surface area contributed by atoms with Crippen LogP contribution in [0.15, 0.2) is 0 Å². The van der Waals surface area contributed by atoms with E-state index in [1.165, 1.54) is 51.7 Å². The molecule has 1 saturated carbocycles. The third-order valence-corrected chi connectivity index (χ3v) is 3.82. The van der Waals surface area contributed by atoms with Gasteiger partial charge in [0.25, 0.3) is 0 Å². The van der Waals surface area contributed by atoms with E-state index in [1.54, 1.807) is 0 Å². The predicted molar refractivity (Wildman–Crippen MR) is 52.2 cm³/mol. The van der Waals surface area contributed by atoms with E-state index in [4.69, 9.17) is 0 Å². The Kier molecular flexibility index (Phi) is 2.69. The quantitative estimate of drug-likeness (QED) is 0.580. The van der Waals surface area contributed by atoms with Crippen LogP contribution < -0.4 is 0 Å². The lowest BCUT2D eigenvalue weighted by Crippen LogP contribution is -2.41. The molecule has 0 aromatic carbocycles. The minimum Gasteiger partial charge on any atom is -0.303 e. The van der Waals surface area contributed by atoms with Gasteiger partial charge in [0.1, 0.15) is 0 Å². The van der Waals surface area contributed by atoms with Gasteiger partial charge in [-0.25, -0.2) is 0 Å². The van der Waals surface area contributed by atoms with Gasteiger partial charge in [-0.1, -0.05) is 26.2 Å². The highest BCUT2D eigenvalue weighted by Crippen LogP contribution is 2.35. The fourth-order valence-electron chi connectivity index (χ4n) is 2.96. The smallest absolute Gasteiger partial charge is 0.00122 e. The highest BCUT2D eigenvalue weighted by Gasteiger charge is 2.30. The van der Waals surface area contributed by atoms with Crippen LogP contribution in [-0.4, -0.2) is 24.5 Å². The van der Waals surface area contributed by atoms with Crippen molar-refractivity contribution in [3.63, 3.8) is 0 Å². The summed E-state index contributed by atoms with van der Waals surface area (Å²) in [6, 6.07) is 0. The molecule has 1 aliphatic carbocycles. The van der Waals surface area contributed by atoms with Crippen LogP contribution >= 0.6 is 0 Å². The lowest BCUT2D eigenvalue weighted by molar-refractivity contribution is 0.0908. The third-order valence-electron chi connectivity index (χ3n) is 3.82. The molecular weight excluding hydrogens is 146 g/mol. The monoisotopic (exact) mass is 167 g/mol. The molecule has 0 aromatic heterocycles. The van der Waals surface area contributed by atoms with E-state index in [-0.39, 0.29) is 0 Å². The number of hydrogen-bond donors (Lipinski definition) is 0. The maximum atomic E-state index is 2.63. The lowest BCUT2D eigenvalue weighted by Gasteiger charge is -2.40. The second-order valence-corrected chi connectivity index (χ2v) is 4.49. The Balaban J connectivity index is 1.90. The van der Waals surface area contributed by atoms with Gasteiger partial charge in [0.05, 0.1) is 0 Å². The first-order valence-corrected chi connectivity index (χ1v) is 5.62. The molecular formula is C11H21N. The molecule has 0 aromatic rings. The molecule has 2 aliphatic rings. The standard InChI is InChI=1S/C11H21N/c1-2-12-8-7-10-5-3-4-6-11(10)9-12/h10-11H,2-9H2,1H3/t10-,11-/m1/s1. The molecule has 1 heterocycles. The van der Waals surface area contributed by atoms with Crippen LogP contribution in [0.5, 0.6) is 0 Å². The Morgan fingerprint density at radius 3 is 2.58 bits per heavy atom. The Hall–Kier alpha value is -0.0400. The van der Waals surface area contributed by atoms with E-state index in [9.17, 15) is 0 Å². The van der Waals surface area contributed by atoms with Gasteiger partial charge in [0, 0.05) is 6.54 Å². The first-order valence-electron chi connectivity index (χ1n) is 5.62. The van der Waals surface area contributed by atoms with Gasteiger partial charge in [0.15, 0.2) is 0 Å². The molecule has 0 bridgehead atoms. The molecule has 70 valence electrons. The van der Waals surface area contributed by atoms with E-state index in [0.29, 0.717) is 0 Å². The van der Waals surface area contributed by atoms with Crippen molar-refractivity contribution in [3.8, 4) is 0 Å². The molecule has 0 spiro atoms. The second-order valence-electron chi connectivity index (χ2n) is 4.49. The lowest BCUT2D eigenvalue weighted by atomic mass is 9.75. The van der Waals surface area contributed by atoms with Crippen molar-refractivity contribution >= 4 is 0 Å². The van der Waals surface area contributed by atoms with Crippen molar-refractivity contribution in [2.24, 2.45) is 11.8 Å². The van der Waals surface area contributed by atoms with Gasteiger partial charge < -0.3 is 4.90 Å². The molecule has 1 aliphatic heterocycles. The zero-order valence-corrected chi connectivity index (χ0v) is 8.26. The maximum absolute atomic E-state index is 2.63. The van der Waals surface area contributed by atoms with Crippen molar-refractivity contribution in [1.82, 2.24) is 4.90 Å². The van der Waals surface area contributed by atoms with E-state index in [0.717, 1.165) is 11.8 Å². The predicted octanol–water partition coefficient (Wildman–Crippen LogP) is 2.52. The van der Waals surface area contributed by atoms with Crippen molar-refractivity contribution in [1.29, 1.82) is 0 Å². The zero-order valence-electron chi connectivity index (χ0n) is 8.26. The number of hydrogen-bond acceptors (Lipinski definition) is 1. The van der Waals surface area contributed by atoms with Gasteiger partial charge in [-0.15, -0.1) is 0 Å². The molecule has 1 nitrogen and oxygen atoms in total. The summed E-state index contributed by atoms with van der Waals surface area (Å²) in [7, 11) is 0. The first-order chi connectivity index (χ1) is 5.90. The number of nitrogens with zero attached hydrogens (tertiary/aromatic N) is 1. The molecule has 12 heavy (non-hydrogen) atoms. The summed E-state index contributed by atoms with van der Waals surface area (Å²) >= 11 is 0. The molecule has 2 atom stereocenters. The van der Waals surface area contributed by atoms with Crippen LogP contribution in [0.4, 0.5) is 0 Å². The Morgan fingerprint density at radius 1 is 1.08 bits per heavy atom. The van der Waals surface area contributed by atoms with Crippen LogP contribution in [0.3, 0.4) is 0 Å². The summed E-state index contributed by atoms with van der Waals surface area (Å²) in [5, 5.41) is 0. The molecule has 2 fully saturated rings. The summed E-state index contributed by atoms with van der Waals surface area (Å²) in [5.74, 6) is 2.16. The molecule has 2 rings (SSSR count). The van der Waals surface area contributed by atoms with Crippen molar-refractivity contribution in [3.05, 3.63) is 0 Å². The van der Waals surface area contributed by atoms with Crippen molar-refractivity contribution in [2.45, 2.75) is 39.0 Å². The van der Waals surface area contributed by atoms with Crippen LogP contribution in [0, 0.1) is 11.8 Å². The summed E-state index contributed by atoms with van der Waals surface area (Å²) in [4.78, 5) is 2.63. The first kappa shape index (κ1) is 8.55. The zero-order chi connectivity index (χ0) is 8.39. The highest BCUT2D eigenvalue weighted by atomic mass is 15.1. The Labute approximate surface area is 76.1 Å². The van der Waals surface area contributed by atoms with Gasteiger partial charge in [-0.3, -0.25) is 0 Å². The van der Waals surface area contributed by atoms with Crippen molar-refractivity contribution < 1.29 is 0 Å². The van der Waals surface area contributed by atoms with Crippen LogP contribution in [0.25, 0.3) is 0 Å². The Bertz CT molecular complexity index is 144. The van der Waals surface area contributed by atoms with E-state index >= 15 is 0 Å². The largest absolute Gasteiger partial charge is 0.303 e. The summed E-state index contributed by atoms with van der Waals surface area (Å²) in [5.41, 5.74) is 0. The average Bonchev–Trinajstić information content (AvgIpc) is 2.17. The van der Waals surface area contributed by atoms with Crippen LogP contribution in [0.1, 0.15) is 39.0 Å². The summed E-state index contributed by atoms with van der Waals surface area (Å²) < 4.78 is 0. The van der Waals surface area contributed by atoms with Crippen LogP contribution in [-0.2, 0) is 0 Å². The fraction of sp³-hybridized carbons (Fsp3) is 1.00. The normalized spacial score (nSPS) is 37.8. The van der Waals surface area contributed by atoms with Crippen molar-refractivity contribution in [2.75, 3.05) is 19.6 Å². The van der Waals surface area contributed by atoms with Gasteiger partial charge in [-0.2, -0.15) is 0 Å². The number of fused-ring (bicyclic) bond motifs is 1. The van der Waals surface area contributed by atoms with E-state index in [2.05, 4.69) is 11.8 Å². The SMILES string of the molecule is CCN1CC[C@H]2CCCC[C@@H]2C1. The minimum atomic E-state index is 1.06. The average molecular weight is 167 g/mol. The molecule has 0 unspecified atom stereocenters. The maximum Gasteiger partial charge on any atom is 0.00122 e. The highest BCUT2D eigenvalue weighted by molar-refractivity contribution is 4.82. The van der Waals surface area contributed by atoms with Gasteiger partial charge >= 0.3 is 0 Å². The summed E-state index contributed by atoms with van der Waals surface area (Å²) in [6.07, 6.45) is 7.54. The van der Waals surface area contributed by atoms with E-state index in [1.807, 2.05) is 0 Å². The molecule has 1 heteroatoms. The molecule has 0 radical (unpaired) electrons. The topological polar surface area (TPSA) is 3.24 Å². The van der Waals surface area contributed by atoms with Gasteiger partial charge in [0.2, 0.25) is 0 Å². The molecule has 0 amide bonds. The Morgan fingerprint density at radius 2 is 1.83 bits per heavy atom. The van der Waals surface area contributed by atoms with E-state index < -0.39 is 0 Å². The third kappa shape index (κ3) is 1.66. The molecule has 0 N–H and O–H groups in total. The molecule has 1 saturated heterocycles. The number of rotatable bonds is 1. The summed E-state index contributed by atoms with van der Waals surface area (Å²) in [6.45, 7) is 6.34. The second kappa shape index (κ2) is 3.78. The minimum absolute atomic E-state index is 1.06. The number of likely N-dealkylation sites (tertiary alicyclic amines) is 1. The van der Waals surface area contributed by atoms with Gasteiger partial charge in [-0.05, 0) is 37.8 Å². The number of piperidine rings is 1. The fourth-order valence-corrected chi connectivity index (χ4v) is 2.96. The van der Waals surface area contributed by atoms with Crippen LogP contribution in [0.2, 0.25) is 0 Å².